The molecule has 4 heteroatoms. The summed E-state index contributed by atoms with van der Waals surface area (Å²) in [5, 5.41) is 4.58. The van der Waals surface area contributed by atoms with E-state index in [9.17, 15) is 0 Å². The number of benzene rings is 2. The highest BCUT2D eigenvalue weighted by Gasteiger charge is 2.10. The molecule has 0 aliphatic heterocycles. The van der Waals surface area contributed by atoms with Crippen molar-refractivity contribution in [2.45, 2.75) is 24.3 Å². The smallest absolute Gasteiger partial charge is 0.0603 e. The van der Waals surface area contributed by atoms with Crippen molar-refractivity contribution < 1.29 is 0 Å². The summed E-state index contributed by atoms with van der Waals surface area (Å²) in [5.74, 6) is 0.944. The molecule has 0 saturated heterocycles. The number of hydrogen-bond acceptors (Lipinski definition) is 2. The van der Waals surface area contributed by atoms with Gasteiger partial charge in [-0.3, -0.25) is 0 Å². The predicted octanol–water partition coefficient (Wildman–Crippen LogP) is 5.61. The third-order valence-electron chi connectivity index (χ3n) is 3.45. The Kier molecular flexibility index (Phi) is 6.43. The highest BCUT2D eigenvalue weighted by molar-refractivity contribution is 7.99. The lowest BCUT2D eigenvalue weighted by atomic mass is 10.1. The minimum absolute atomic E-state index is 0.315. The van der Waals surface area contributed by atoms with Crippen molar-refractivity contribution in [1.29, 1.82) is 0 Å². The maximum atomic E-state index is 6.05. The average Bonchev–Trinajstić information content (AvgIpc) is 2.52. The number of thioether (sulfide) groups is 1. The molecule has 0 saturated carbocycles. The quantitative estimate of drug-likeness (QED) is 0.686. The van der Waals surface area contributed by atoms with Gasteiger partial charge in [0.15, 0.2) is 0 Å². The van der Waals surface area contributed by atoms with Crippen molar-refractivity contribution in [3.63, 3.8) is 0 Å². The van der Waals surface area contributed by atoms with Gasteiger partial charge in [-0.1, -0.05) is 54.4 Å². The van der Waals surface area contributed by atoms with E-state index < -0.39 is 0 Å². The molecule has 2 aromatic carbocycles. The van der Waals surface area contributed by atoms with Crippen LogP contribution < -0.4 is 5.32 Å². The molecule has 0 spiro atoms. The Bertz CT molecular complexity index is 584. The summed E-state index contributed by atoms with van der Waals surface area (Å²) in [7, 11) is 1.99. The topological polar surface area (TPSA) is 12.0 Å². The van der Waals surface area contributed by atoms with Gasteiger partial charge in [0.05, 0.1) is 10.0 Å². The van der Waals surface area contributed by atoms with Gasteiger partial charge >= 0.3 is 0 Å². The molecule has 1 N–H and O–H groups in total. The van der Waals surface area contributed by atoms with Crippen LogP contribution in [-0.2, 0) is 6.42 Å². The minimum Gasteiger partial charge on any atom is -0.312 e. The molecular formula is C17H19Cl2NS. The first kappa shape index (κ1) is 16.7. The molecule has 1 atom stereocenters. The standard InChI is InChI=1S/C17H19Cl2NS/c1-3-12-4-6-13(7-5-12)17(20-2)11-21-14-8-9-15(18)16(19)10-14/h4-10,17,20H,3,11H2,1-2H3. The van der Waals surface area contributed by atoms with E-state index in [2.05, 4.69) is 36.5 Å². The lowest BCUT2D eigenvalue weighted by molar-refractivity contribution is 0.661. The van der Waals surface area contributed by atoms with Crippen LogP contribution >= 0.6 is 35.0 Å². The van der Waals surface area contributed by atoms with Crippen molar-refractivity contribution in [3.8, 4) is 0 Å². The zero-order valence-electron chi connectivity index (χ0n) is 12.2. The van der Waals surface area contributed by atoms with Gasteiger partial charge in [0.1, 0.15) is 0 Å². The van der Waals surface area contributed by atoms with E-state index in [4.69, 9.17) is 23.2 Å². The summed E-state index contributed by atoms with van der Waals surface area (Å²) in [5.41, 5.74) is 2.67. The summed E-state index contributed by atoms with van der Waals surface area (Å²) in [6.07, 6.45) is 1.07. The van der Waals surface area contributed by atoms with Crippen molar-refractivity contribution in [1.82, 2.24) is 5.32 Å². The van der Waals surface area contributed by atoms with Gasteiger partial charge in [0.25, 0.3) is 0 Å². The largest absolute Gasteiger partial charge is 0.312 e. The lowest BCUT2D eigenvalue weighted by Gasteiger charge is -2.17. The molecule has 0 amide bonds. The number of aryl methyl sites for hydroxylation is 1. The Morgan fingerprint density at radius 3 is 2.33 bits per heavy atom. The molecule has 1 unspecified atom stereocenters. The van der Waals surface area contributed by atoms with Crippen molar-refractivity contribution in [2.24, 2.45) is 0 Å². The Hall–Kier alpha value is -0.670. The van der Waals surface area contributed by atoms with Gasteiger partial charge in [-0.15, -0.1) is 11.8 Å². The van der Waals surface area contributed by atoms with Crippen molar-refractivity contribution in [3.05, 3.63) is 63.6 Å². The molecule has 0 bridgehead atoms. The van der Waals surface area contributed by atoms with Crippen LogP contribution in [0.2, 0.25) is 10.0 Å². The fourth-order valence-electron chi connectivity index (χ4n) is 2.08. The predicted molar refractivity (Wildman–Crippen MR) is 94.8 cm³/mol. The molecule has 21 heavy (non-hydrogen) atoms. The first-order valence-electron chi connectivity index (χ1n) is 6.98. The molecule has 0 aliphatic carbocycles. The average molecular weight is 340 g/mol. The Morgan fingerprint density at radius 1 is 1.05 bits per heavy atom. The van der Waals surface area contributed by atoms with Gasteiger partial charge in [0.2, 0.25) is 0 Å². The number of hydrogen-bond donors (Lipinski definition) is 1. The summed E-state index contributed by atoms with van der Waals surface area (Å²) < 4.78 is 0. The molecule has 112 valence electrons. The van der Waals surface area contributed by atoms with Crippen LogP contribution in [0.1, 0.15) is 24.1 Å². The van der Waals surface area contributed by atoms with Crippen molar-refractivity contribution >= 4 is 35.0 Å². The number of halogens is 2. The molecule has 2 aromatic rings. The van der Waals surface area contributed by atoms with Gasteiger partial charge < -0.3 is 5.32 Å². The van der Waals surface area contributed by atoms with E-state index >= 15 is 0 Å². The normalized spacial score (nSPS) is 12.4. The van der Waals surface area contributed by atoms with Crippen LogP contribution in [0.5, 0.6) is 0 Å². The Labute approximate surface area is 141 Å². The lowest BCUT2D eigenvalue weighted by Crippen LogP contribution is -2.18. The van der Waals surface area contributed by atoms with Crippen LogP contribution in [0.3, 0.4) is 0 Å². The van der Waals surface area contributed by atoms with Gasteiger partial charge in [-0.2, -0.15) is 0 Å². The third kappa shape index (κ3) is 4.65. The van der Waals surface area contributed by atoms with Crippen LogP contribution in [0.4, 0.5) is 0 Å². The molecule has 2 rings (SSSR count). The molecule has 0 fully saturated rings. The van der Waals surface area contributed by atoms with Crippen LogP contribution in [-0.4, -0.2) is 12.8 Å². The minimum atomic E-state index is 0.315. The Balaban J connectivity index is 2.02. The second kappa shape index (κ2) is 8.09. The molecule has 0 aromatic heterocycles. The van der Waals surface area contributed by atoms with E-state index in [1.807, 2.05) is 25.2 Å². The van der Waals surface area contributed by atoms with E-state index in [0.717, 1.165) is 17.1 Å². The first-order valence-corrected chi connectivity index (χ1v) is 8.72. The monoisotopic (exact) mass is 339 g/mol. The summed E-state index contributed by atoms with van der Waals surface area (Å²) in [4.78, 5) is 1.13. The SMILES string of the molecule is CCc1ccc(C(CSc2ccc(Cl)c(Cl)c2)NC)cc1. The van der Waals surface area contributed by atoms with E-state index in [1.54, 1.807) is 11.8 Å². The molecule has 0 heterocycles. The highest BCUT2D eigenvalue weighted by Crippen LogP contribution is 2.30. The van der Waals surface area contributed by atoms with E-state index in [1.165, 1.54) is 11.1 Å². The summed E-state index contributed by atoms with van der Waals surface area (Å²) in [6.45, 7) is 2.17. The fourth-order valence-corrected chi connectivity index (χ4v) is 3.52. The molecule has 0 radical (unpaired) electrons. The first-order chi connectivity index (χ1) is 10.1. The number of rotatable bonds is 6. The third-order valence-corrected chi connectivity index (χ3v) is 5.27. The maximum Gasteiger partial charge on any atom is 0.0603 e. The molecule has 1 nitrogen and oxygen atoms in total. The van der Waals surface area contributed by atoms with Gasteiger partial charge in [0, 0.05) is 16.7 Å². The zero-order chi connectivity index (χ0) is 15.2. The molecule has 0 aliphatic rings. The van der Waals surface area contributed by atoms with Gasteiger partial charge in [-0.25, -0.2) is 0 Å². The fraction of sp³-hybridized carbons (Fsp3) is 0.294. The zero-order valence-corrected chi connectivity index (χ0v) is 14.5. The van der Waals surface area contributed by atoms with E-state index in [-0.39, 0.29) is 0 Å². The summed E-state index contributed by atoms with van der Waals surface area (Å²) >= 11 is 13.8. The van der Waals surface area contributed by atoms with Crippen LogP contribution in [0, 0.1) is 0 Å². The van der Waals surface area contributed by atoms with Gasteiger partial charge in [-0.05, 0) is 42.8 Å². The van der Waals surface area contributed by atoms with Crippen LogP contribution in [0.15, 0.2) is 47.4 Å². The second-order valence-electron chi connectivity index (χ2n) is 4.82. The Morgan fingerprint density at radius 2 is 1.76 bits per heavy atom. The highest BCUT2D eigenvalue weighted by atomic mass is 35.5. The van der Waals surface area contributed by atoms with Crippen molar-refractivity contribution in [2.75, 3.05) is 12.8 Å². The van der Waals surface area contributed by atoms with E-state index in [0.29, 0.717) is 16.1 Å². The summed E-state index contributed by atoms with van der Waals surface area (Å²) in [6, 6.07) is 14.9. The molecular weight excluding hydrogens is 321 g/mol. The van der Waals surface area contributed by atoms with Crippen LogP contribution in [0.25, 0.3) is 0 Å². The maximum absolute atomic E-state index is 6.05. The second-order valence-corrected chi connectivity index (χ2v) is 6.73. The number of nitrogens with one attached hydrogen (secondary N) is 1.